The van der Waals surface area contributed by atoms with Gasteiger partial charge in [0, 0.05) is 20.6 Å². The van der Waals surface area contributed by atoms with Crippen LogP contribution in [0.2, 0.25) is 0 Å². The molecule has 0 aliphatic heterocycles. The van der Waals surface area contributed by atoms with Crippen LogP contribution in [0.1, 0.15) is 6.92 Å². The molecule has 0 saturated heterocycles. The minimum Gasteiger partial charge on any atom is -0.473 e. The molecule has 0 saturated carbocycles. The van der Waals surface area contributed by atoms with Crippen LogP contribution in [0, 0.1) is 0 Å². The van der Waals surface area contributed by atoms with Crippen LogP contribution in [0.5, 0.6) is 5.88 Å². The van der Waals surface area contributed by atoms with E-state index in [0.29, 0.717) is 5.88 Å². The molecule has 7 nitrogen and oxygen atoms in total. The third-order valence-corrected chi connectivity index (χ3v) is 2.70. The molecule has 0 aromatic carbocycles. The summed E-state index contributed by atoms with van der Waals surface area (Å²) in [6.07, 6.45) is 0.785. The van der Waals surface area contributed by atoms with Crippen molar-refractivity contribution in [3.8, 4) is 5.88 Å². The van der Waals surface area contributed by atoms with Crippen molar-refractivity contribution in [1.29, 1.82) is 0 Å². The minimum atomic E-state index is -0.705. The number of aromatic nitrogens is 2. The summed E-state index contributed by atoms with van der Waals surface area (Å²) in [5.74, 6) is 0.364. The van der Waals surface area contributed by atoms with E-state index in [1.54, 1.807) is 21.0 Å². The molecule has 0 aliphatic rings. The largest absolute Gasteiger partial charge is 0.473 e. The molecule has 0 bridgehead atoms. The van der Waals surface area contributed by atoms with Crippen molar-refractivity contribution in [2.75, 3.05) is 27.2 Å². The van der Waals surface area contributed by atoms with Crippen molar-refractivity contribution in [2.45, 2.75) is 19.1 Å². The first kappa shape index (κ1) is 14.8. The monoisotopic (exact) mass is 274 g/mol. The highest BCUT2D eigenvalue weighted by molar-refractivity contribution is 6.99. The molecule has 0 radical (unpaired) electrons. The van der Waals surface area contributed by atoms with Gasteiger partial charge in [-0.15, -0.1) is 4.37 Å². The molecule has 2 atom stereocenters. The van der Waals surface area contributed by atoms with Gasteiger partial charge in [0.15, 0.2) is 0 Å². The highest BCUT2D eigenvalue weighted by Crippen LogP contribution is 2.05. The second-order valence-corrected chi connectivity index (χ2v) is 4.63. The maximum absolute atomic E-state index is 11.5. The van der Waals surface area contributed by atoms with Gasteiger partial charge >= 0.3 is 0 Å². The lowest BCUT2D eigenvalue weighted by molar-refractivity contribution is -0.130. The maximum atomic E-state index is 11.5. The van der Waals surface area contributed by atoms with E-state index in [1.807, 2.05) is 0 Å². The zero-order valence-corrected chi connectivity index (χ0v) is 11.5. The van der Waals surface area contributed by atoms with E-state index in [4.69, 9.17) is 4.74 Å². The third-order valence-electron chi connectivity index (χ3n) is 2.24. The molecule has 1 amide bonds. The van der Waals surface area contributed by atoms with Crippen LogP contribution in [-0.2, 0) is 4.79 Å². The van der Waals surface area contributed by atoms with E-state index >= 15 is 0 Å². The Labute approximate surface area is 110 Å². The van der Waals surface area contributed by atoms with Crippen LogP contribution in [-0.4, -0.2) is 64.1 Å². The Bertz CT molecular complexity index is 358. The molecule has 1 aromatic heterocycles. The van der Waals surface area contributed by atoms with E-state index < -0.39 is 6.10 Å². The van der Waals surface area contributed by atoms with Crippen LogP contribution < -0.4 is 10.1 Å². The zero-order chi connectivity index (χ0) is 13.5. The Morgan fingerprint density at radius 1 is 1.67 bits per heavy atom. The van der Waals surface area contributed by atoms with E-state index in [2.05, 4.69) is 14.1 Å². The predicted molar refractivity (Wildman–Crippen MR) is 67.6 cm³/mol. The van der Waals surface area contributed by atoms with Gasteiger partial charge < -0.3 is 20.1 Å². The standard InChI is InChI=1S/C10H18N4O3S/c1-7(10(16)14(2)3)11-4-8(15)6-17-9-5-12-18-13-9/h5,7-8,11,15H,4,6H2,1-3H3. The Balaban J connectivity index is 2.20. The van der Waals surface area contributed by atoms with Crippen LogP contribution in [0.3, 0.4) is 0 Å². The van der Waals surface area contributed by atoms with Gasteiger partial charge in [0.1, 0.15) is 18.9 Å². The molecule has 1 aromatic rings. The number of nitrogens with one attached hydrogen (secondary N) is 1. The number of aliphatic hydroxyl groups excluding tert-OH is 1. The van der Waals surface area contributed by atoms with Crippen molar-refractivity contribution in [2.24, 2.45) is 0 Å². The maximum Gasteiger partial charge on any atom is 0.245 e. The molecule has 102 valence electrons. The summed E-state index contributed by atoms with van der Waals surface area (Å²) in [6, 6.07) is -0.337. The molecule has 8 heteroatoms. The smallest absolute Gasteiger partial charge is 0.245 e. The van der Waals surface area contributed by atoms with Crippen molar-refractivity contribution >= 4 is 17.6 Å². The third kappa shape index (κ3) is 4.94. The molecular weight excluding hydrogens is 256 g/mol. The first-order chi connectivity index (χ1) is 8.50. The van der Waals surface area contributed by atoms with Crippen LogP contribution >= 0.6 is 11.7 Å². The zero-order valence-electron chi connectivity index (χ0n) is 10.7. The summed E-state index contributed by atoms with van der Waals surface area (Å²) < 4.78 is 12.8. The molecule has 18 heavy (non-hydrogen) atoms. The number of nitrogens with zero attached hydrogens (tertiary/aromatic N) is 3. The number of hydrogen-bond acceptors (Lipinski definition) is 7. The van der Waals surface area contributed by atoms with Crippen molar-refractivity contribution < 1.29 is 14.6 Å². The van der Waals surface area contributed by atoms with Crippen molar-refractivity contribution in [3.05, 3.63) is 6.20 Å². The second-order valence-electron chi connectivity index (χ2n) is 4.07. The number of carbonyl (C=O) groups excluding carboxylic acids is 1. The number of amides is 1. The van der Waals surface area contributed by atoms with Crippen LogP contribution in [0.4, 0.5) is 0 Å². The number of rotatable bonds is 7. The summed E-state index contributed by atoms with van der Waals surface area (Å²) in [7, 11) is 3.38. The average Bonchev–Trinajstić information content (AvgIpc) is 2.85. The van der Waals surface area contributed by atoms with Gasteiger partial charge in [0.05, 0.1) is 17.8 Å². The highest BCUT2D eigenvalue weighted by Gasteiger charge is 2.15. The second kappa shape index (κ2) is 7.24. The SMILES string of the molecule is CC(NCC(O)COc1cnsn1)C(=O)N(C)C. The van der Waals surface area contributed by atoms with E-state index in [9.17, 15) is 9.90 Å². The number of likely N-dealkylation sites (N-methyl/N-ethyl adjacent to an activating group) is 1. The van der Waals surface area contributed by atoms with Crippen molar-refractivity contribution in [3.63, 3.8) is 0 Å². The van der Waals surface area contributed by atoms with Crippen LogP contribution in [0.25, 0.3) is 0 Å². The Morgan fingerprint density at radius 2 is 2.39 bits per heavy atom. The molecule has 2 unspecified atom stereocenters. The fourth-order valence-corrected chi connectivity index (χ4v) is 1.61. The fourth-order valence-electron chi connectivity index (χ4n) is 1.25. The van der Waals surface area contributed by atoms with Gasteiger partial charge in [-0.1, -0.05) is 0 Å². The first-order valence-corrected chi connectivity index (χ1v) is 6.26. The first-order valence-electron chi connectivity index (χ1n) is 5.53. The summed E-state index contributed by atoms with van der Waals surface area (Å²) in [5, 5.41) is 12.6. The van der Waals surface area contributed by atoms with Gasteiger partial charge in [0.25, 0.3) is 0 Å². The summed E-state index contributed by atoms with van der Waals surface area (Å²) >= 11 is 1.04. The Hall–Kier alpha value is -1.25. The Morgan fingerprint density at radius 3 is 2.94 bits per heavy atom. The molecular formula is C10H18N4O3S. The summed E-state index contributed by atoms with van der Waals surface area (Å²) in [6.45, 7) is 2.14. The highest BCUT2D eigenvalue weighted by atomic mass is 32.1. The molecule has 0 aliphatic carbocycles. The van der Waals surface area contributed by atoms with Gasteiger partial charge in [0.2, 0.25) is 11.8 Å². The number of aliphatic hydroxyl groups is 1. The van der Waals surface area contributed by atoms with Gasteiger partial charge in [-0.25, -0.2) is 0 Å². The number of carbonyl (C=O) groups is 1. The van der Waals surface area contributed by atoms with E-state index in [1.165, 1.54) is 11.1 Å². The lowest BCUT2D eigenvalue weighted by Crippen LogP contribution is -2.45. The number of ether oxygens (including phenoxy) is 1. The predicted octanol–water partition coefficient (Wildman–Crippen LogP) is -0.656. The summed E-state index contributed by atoms with van der Waals surface area (Å²) in [4.78, 5) is 13.0. The molecule has 0 spiro atoms. The quantitative estimate of drug-likeness (QED) is 0.686. The number of hydrogen-bond donors (Lipinski definition) is 2. The average molecular weight is 274 g/mol. The normalized spacial score (nSPS) is 14.0. The lowest BCUT2D eigenvalue weighted by Gasteiger charge is -2.19. The fraction of sp³-hybridized carbons (Fsp3) is 0.700. The van der Waals surface area contributed by atoms with E-state index in [-0.39, 0.29) is 25.1 Å². The van der Waals surface area contributed by atoms with Gasteiger partial charge in [-0.3, -0.25) is 4.79 Å². The molecule has 0 fully saturated rings. The Kier molecular flexibility index (Phi) is 5.96. The van der Waals surface area contributed by atoms with E-state index in [0.717, 1.165) is 11.7 Å². The van der Waals surface area contributed by atoms with Crippen molar-refractivity contribution in [1.82, 2.24) is 19.0 Å². The molecule has 2 N–H and O–H groups in total. The minimum absolute atomic E-state index is 0.0354. The summed E-state index contributed by atoms with van der Waals surface area (Å²) in [5.41, 5.74) is 0. The lowest BCUT2D eigenvalue weighted by atomic mass is 10.2. The van der Waals surface area contributed by atoms with Crippen LogP contribution in [0.15, 0.2) is 6.20 Å². The van der Waals surface area contributed by atoms with Gasteiger partial charge in [-0.2, -0.15) is 4.37 Å². The van der Waals surface area contributed by atoms with Gasteiger partial charge in [-0.05, 0) is 6.92 Å². The topological polar surface area (TPSA) is 87.6 Å². The molecule has 1 heterocycles. The molecule has 1 rings (SSSR count).